The number of hydrogen-bond acceptors (Lipinski definition) is 3. The smallest absolute Gasteiger partial charge is 0.116 e. The molecule has 0 bridgehead atoms. The first-order valence-corrected chi connectivity index (χ1v) is 6.42. The lowest BCUT2D eigenvalue weighted by atomic mass is 10.0. The minimum Gasteiger partial charge on any atom is -0.302 e. The van der Waals surface area contributed by atoms with Crippen LogP contribution in [0.4, 0.5) is 0 Å². The molecule has 0 aromatic heterocycles. The molecule has 1 unspecified atom stereocenters. The topological polar surface area (TPSA) is 39.1 Å². The number of nitriles is 1. The zero-order chi connectivity index (χ0) is 12.0. The summed E-state index contributed by atoms with van der Waals surface area (Å²) in [6.45, 7) is 2.78. The van der Waals surface area contributed by atoms with E-state index < -0.39 is 5.54 Å². The summed E-state index contributed by atoms with van der Waals surface area (Å²) in [5, 5.41) is 12.3. The minimum absolute atomic E-state index is 0.416. The van der Waals surface area contributed by atoms with Crippen molar-refractivity contribution in [1.82, 2.24) is 10.2 Å². The monoisotopic (exact) mass is 223 g/mol. The molecule has 0 radical (unpaired) electrons. The van der Waals surface area contributed by atoms with E-state index in [0.717, 1.165) is 6.54 Å². The number of nitrogens with zero attached hydrogens (tertiary/aromatic N) is 2. The zero-order valence-corrected chi connectivity index (χ0v) is 10.9. The van der Waals surface area contributed by atoms with E-state index in [1.54, 1.807) is 0 Å². The summed E-state index contributed by atoms with van der Waals surface area (Å²) in [4.78, 5) is 2.37. The molecule has 0 aromatic carbocycles. The molecule has 0 saturated heterocycles. The molecule has 92 valence electrons. The lowest BCUT2D eigenvalue weighted by Crippen LogP contribution is -2.50. The standard InChI is InChI=1S/C13H25N3/c1-13(10-14,15-2)11-16(3)12-8-6-4-5-7-9-12/h12,15H,4-9,11H2,1-3H3. The molecule has 3 heteroatoms. The van der Waals surface area contributed by atoms with Crippen LogP contribution >= 0.6 is 0 Å². The molecule has 0 aliphatic heterocycles. The largest absolute Gasteiger partial charge is 0.302 e. The van der Waals surface area contributed by atoms with Gasteiger partial charge in [0.05, 0.1) is 6.07 Å². The van der Waals surface area contributed by atoms with Gasteiger partial charge in [-0.15, -0.1) is 0 Å². The molecule has 1 aliphatic carbocycles. The van der Waals surface area contributed by atoms with Gasteiger partial charge in [-0.1, -0.05) is 25.7 Å². The fourth-order valence-corrected chi connectivity index (χ4v) is 2.50. The predicted molar refractivity (Wildman–Crippen MR) is 67.2 cm³/mol. The van der Waals surface area contributed by atoms with E-state index in [1.807, 2.05) is 14.0 Å². The van der Waals surface area contributed by atoms with E-state index in [-0.39, 0.29) is 0 Å². The molecule has 1 N–H and O–H groups in total. The molecule has 1 fully saturated rings. The van der Waals surface area contributed by atoms with Crippen molar-refractivity contribution in [1.29, 1.82) is 5.26 Å². The van der Waals surface area contributed by atoms with Crippen molar-refractivity contribution in [2.75, 3.05) is 20.6 Å². The lowest BCUT2D eigenvalue weighted by Gasteiger charge is -2.33. The van der Waals surface area contributed by atoms with Crippen molar-refractivity contribution >= 4 is 0 Å². The highest BCUT2D eigenvalue weighted by Crippen LogP contribution is 2.22. The van der Waals surface area contributed by atoms with Crippen LogP contribution in [0.25, 0.3) is 0 Å². The van der Waals surface area contributed by atoms with Gasteiger partial charge in [-0.05, 0) is 33.9 Å². The van der Waals surface area contributed by atoms with Crippen LogP contribution in [0.3, 0.4) is 0 Å². The normalized spacial score (nSPS) is 22.4. The summed E-state index contributed by atoms with van der Waals surface area (Å²) in [6.07, 6.45) is 8.04. The first-order chi connectivity index (χ1) is 7.61. The van der Waals surface area contributed by atoms with Crippen molar-refractivity contribution in [3.63, 3.8) is 0 Å². The van der Waals surface area contributed by atoms with Gasteiger partial charge in [0.25, 0.3) is 0 Å². The second kappa shape index (κ2) is 6.22. The van der Waals surface area contributed by atoms with E-state index in [2.05, 4.69) is 23.3 Å². The molecule has 0 spiro atoms. The maximum Gasteiger partial charge on any atom is 0.116 e. The van der Waals surface area contributed by atoms with Crippen molar-refractivity contribution in [3.05, 3.63) is 0 Å². The molecule has 3 nitrogen and oxygen atoms in total. The Labute approximate surface area is 99.8 Å². The number of hydrogen-bond donors (Lipinski definition) is 1. The van der Waals surface area contributed by atoms with E-state index in [4.69, 9.17) is 5.26 Å². The van der Waals surface area contributed by atoms with Gasteiger partial charge in [-0.3, -0.25) is 0 Å². The van der Waals surface area contributed by atoms with Gasteiger partial charge in [-0.25, -0.2) is 0 Å². The van der Waals surface area contributed by atoms with Crippen LogP contribution in [-0.4, -0.2) is 37.1 Å². The number of rotatable bonds is 4. The van der Waals surface area contributed by atoms with Crippen LogP contribution in [0.15, 0.2) is 0 Å². The third kappa shape index (κ3) is 3.77. The van der Waals surface area contributed by atoms with Crippen LogP contribution in [0.2, 0.25) is 0 Å². The Morgan fingerprint density at radius 2 is 1.88 bits per heavy atom. The van der Waals surface area contributed by atoms with Gasteiger partial charge >= 0.3 is 0 Å². The highest BCUT2D eigenvalue weighted by Gasteiger charge is 2.26. The van der Waals surface area contributed by atoms with Crippen LogP contribution in [-0.2, 0) is 0 Å². The Morgan fingerprint density at radius 3 is 2.31 bits per heavy atom. The maximum absolute atomic E-state index is 9.15. The summed E-state index contributed by atoms with van der Waals surface area (Å²) in [5.74, 6) is 0. The van der Waals surface area contributed by atoms with Gasteiger partial charge in [0.15, 0.2) is 0 Å². The van der Waals surface area contributed by atoms with Crippen LogP contribution in [0.1, 0.15) is 45.4 Å². The fraction of sp³-hybridized carbons (Fsp3) is 0.923. The first-order valence-electron chi connectivity index (χ1n) is 6.42. The molecule has 0 heterocycles. The summed E-state index contributed by atoms with van der Waals surface area (Å²) >= 11 is 0. The Balaban J connectivity index is 2.50. The summed E-state index contributed by atoms with van der Waals surface area (Å²) in [7, 11) is 4.02. The minimum atomic E-state index is -0.416. The Kier molecular flexibility index (Phi) is 5.24. The fourth-order valence-electron chi connectivity index (χ4n) is 2.50. The second-order valence-electron chi connectivity index (χ2n) is 5.25. The molecule has 1 saturated carbocycles. The van der Waals surface area contributed by atoms with E-state index in [9.17, 15) is 0 Å². The first kappa shape index (κ1) is 13.5. The van der Waals surface area contributed by atoms with E-state index in [1.165, 1.54) is 38.5 Å². The van der Waals surface area contributed by atoms with E-state index >= 15 is 0 Å². The third-order valence-corrected chi connectivity index (χ3v) is 3.81. The molecule has 0 amide bonds. The van der Waals surface area contributed by atoms with Crippen molar-refractivity contribution in [3.8, 4) is 6.07 Å². The maximum atomic E-state index is 9.15. The zero-order valence-electron chi connectivity index (χ0n) is 10.9. The average Bonchev–Trinajstić information content (AvgIpc) is 2.57. The molecular formula is C13H25N3. The van der Waals surface area contributed by atoms with Crippen molar-refractivity contribution in [2.24, 2.45) is 0 Å². The molecule has 1 rings (SSSR count). The SMILES string of the molecule is CNC(C)(C#N)CN(C)C1CCCCCC1. The van der Waals surface area contributed by atoms with Crippen molar-refractivity contribution < 1.29 is 0 Å². The molecule has 1 aliphatic rings. The second-order valence-corrected chi connectivity index (χ2v) is 5.25. The number of likely N-dealkylation sites (N-methyl/N-ethyl adjacent to an activating group) is 2. The highest BCUT2D eigenvalue weighted by atomic mass is 15.2. The Morgan fingerprint density at radius 1 is 1.31 bits per heavy atom. The van der Waals surface area contributed by atoms with Crippen LogP contribution in [0.5, 0.6) is 0 Å². The highest BCUT2D eigenvalue weighted by molar-refractivity contribution is 5.05. The Bertz CT molecular complexity index is 238. The van der Waals surface area contributed by atoms with Gasteiger partial charge in [0, 0.05) is 12.6 Å². The predicted octanol–water partition coefficient (Wildman–Crippen LogP) is 2.14. The Hall–Kier alpha value is -0.590. The van der Waals surface area contributed by atoms with Crippen LogP contribution in [0, 0.1) is 11.3 Å². The molecule has 0 aromatic rings. The summed E-state index contributed by atoms with van der Waals surface area (Å²) in [5.41, 5.74) is -0.416. The van der Waals surface area contributed by atoms with Gasteiger partial charge in [-0.2, -0.15) is 5.26 Å². The molecular weight excluding hydrogens is 198 g/mol. The summed E-state index contributed by atoms with van der Waals surface area (Å²) in [6, 6.07) is 3.03. The number of nitrogens with one attached hydrogen (secondary N) is 1. The van der Waals surface area contributed by atoms with Gasteiger partial charge in [0.2, 0.25) is 0 Å². The van der Waals surface area contributed by atoms with Gasteiger partial charge < -0.3 is 10.2 Å². The molecule has 16 heavy (non-hydrogen) atoms. The van der Waals surface area contributed by atoms with Gasteiger partial charge in [0.1, 0.15) is 5.54 Å². The van der Waals surface area contributed by atoms with Crippen LogP contribution < -0.4 is 5.32 Å². The quantitative estimate of drug-likeness (QED) is 0.742. The van der Waals surface area contributed by atoms with E-state index in [0.29, 0.717) is 6.04 Å². The molecule has 1 atom stereocenters. The van der Waals surface area contributed by atoms with Crippen molar-refractivity contribution in [2.45, 2.75) is 57.0 Å². The lowest BCUT2D eigenvalue weighted by molar-refractivity contribution is 0.186. The summed E-state index contributed by atoms with van der Waals surface area (Å²) < 4.78 is 0. The average molecular weight is 223 g/mol. The third-order valence-electron chi connectivity index (χ3n) is 3.81.